The standard InChI is InChI=1S/C86H163NO10/c1-3-5-7-9-11-13-15-16-17-18-40-44-47-50-54-58-62-66-70-74-82(91)95-75-71-67-63-59-55-51-48-45-42-39-37-35-33-31-29-27-25-23-21-19-20-22-24-26-28-30-32-34-36-38-41-43-46-49-53-57-61-65-69-73-81(90)87-78(77-96-86-85(94)84(93)83(92)80(76-88)97-86)79(89)72-68-64-60-56-52-14-12-10-8-6-4-2/h11,13,16-17,68,72,78-80,83-86,88-89,92-94H,3-10,12,14-15,18-67,69-71,73-77H2,1-2H3,(H,87,90)/b13-11-,17-16-,72-68+. The van der Waals surface area contributed by atoms with Gasteiger partial charge in [-0.15, -0.1) is 0 Å². The minimum absolute atomic E-state index is 0.0153. The number of aliphatic hydroxyl groups excluding tert-OH is 5. The van der Waals surface area contributed by atoms with Gasteiger partial charge in [0.1, 0.15) is 24.4 Å². The molecule has 0 aromatic carbocycles. The van der Waals surface area contributed by atoms with Crippen LogP contribution in [-0.2, 0) is 23.8 Å². The van der Waals surface area contributed by atoms with Gasteiger partial charge in [0.05, 0.1) is 32.0 Å². The van der Waals surface area contributed by atoms with E-state index in [4.69, 9.17) is 14.2 Å². The summed E-state index contributed by atoms with van der Waals surface area (Å²) in [6.07, 6.45) is 89.3. The number of esters is 1. The van der Waals surface area contributed by atoms with Gasteiger partial charge in [-0.05, 0) is 64.2 Å². The molecule has 11 heteroatoms. The SMILES string of the molecule is CCCCC/C=C\C/C=C\CCCCCCCCCCCC(=O)OCCCCCCCCCCCCCCCCCCCCCCCCCCCCCCCCCCCCCCCCCC(=O)NC(COC1OC(CO)C(O)C(O)C1O)C(O)/C=C/CCCCCCCCCCC. The summed E-state index contributed by atoms with van der Waals surface area (Å²) in [5.74, 6) is -0.159. The van der Waals surface area contributed by atoms with E-state index in [1.807, 2.05) is 6.08 Å². The molecule has 1 saturated heterocycles. The maximum absolute atomic E-state index is 13.1. The van der Waals surface area contributed by atoms with Gasteiger partial charge in [-0.25, -0.2) is 0 Å². The highest BCUT2D eigenvalue weighted by molar-refractivity contribution is 5.76. The molecule has 97 heavy (non-hydrogen) atoms. The maximum Gasteiger partial charge on any atom is 0.305 e. The van der Waals surface area contributed by atoms with Crippen molar-refractivity contribution in [1.82, 2.24) is 5.32 Å². The molecule has 0 radical (unpaired) electrons. The van der Waals surface area contributed by atoms with Gasteiger partial charge in [-0.3, -0.25) is 9.59 Å². The van der Waals surface area contributed by atoms with Gasteiger partial charge in [-0.1, -0.05) is 397 Å². The second-order valence-corrected chi connectivity index (χ2v) is 29.9. The molecule has 572 valence electrons. The number of amides is 1. The number of aliphatic hydroxyl groups is 5. The lowest BCUT2D eigenvalue weighted by Crippen LogP contribution is -2.60. The predicted molar refractivity (Wildman–Crippen MR) is 412 cm³/mol. The summed E-state index contributed by atoms with van der Waals surface area (Å²) in [5.41, 5.74) is 0. The minimum Gasteiger partial charge on any atom is -0.466 e. The lowest BCUT2D eigenvalue weighted by atomic mass is 9.99. The molecule has 0 saturated carbocycles. The predicted octanol–water partition coefficient (Wildman–Crippen LogP) is 23.6. The molecule has 0 bridgehead atoms. The number of carbonyl (C=O) groups excluding carboxylic acids is 2. The first kappa shape index (κ1) is 92.9. The summed E-state index contributed by atoms with van der Waals surface area (Å²) in [6.45, 7) is 4.37. The first-order valence-electron chi connectivity index (χ1n) is 42.8. The Hall–Kier alpha value is -2.12. The van der Waals surface area contributed by atoms with Gasteiger partial charge in [0.15, 0.2) is 6.29 Å². The molecule has 11 nitrogen and oxygen atoms in total. The fourth-order valence-corrected chi connectivity index (χ4v) is 13.8. The zero-order valence-electron chi connectivity index (χ0n) is 64.1. The quantitative estimate of drug-likeness (QED) is 0.0195. The Balaban J connectivity index is 1.83. The molecule has 0 aliphatic carbocycles. The summed E-state index contributed by atoms with van der Waals surface area (Å²) in [4.78, 5) is 25.2. The highest BCUT2D eigenvalue weighted by Gasteiger charge is 2.44. The smallest absolute Gasteiger partial charge is 0.305 e. The number of hydrogen-bond acceptors (Lipinski definition) is 10. The average molecular weight is 1370 g/mol. The zero-order valence-corrected chi connectivity index (χ0v) is 64.1. The highest BCUT2D eigenvalue weighted by atomic mass is 16.7. The Morgan fingerprint density at radius 3 is 1.06 bits per heavy atom. The Kier molecular flexibility index (Phi) is 71.9. The Bertz CT molecular complexity index is 1710. The Morgan fingerprint density at radius 2 is 0.691 bits per heavy atom. The van der Waals surface area contributed by atoms with Crippen molar-refractivity contribution in [3.63, 3.8) is 0 Å². The van der Waals surface area contributed by atoms with E-state index in [2.05, 4.69) is 43.5 Å². The van der Waals surface area contributed by atoms with Crippen LogP contribution in [0.15, 0.2) is 36.5 Å². The van der Waals surface area contributed by atoms with Crippen molar-refractivity contribution < 1.29 is 49.3 Å². The molecule has 1 heterocycles. The summed E-state index contributed by atoms with van der Waals surface area (Å²) in [5, 5.41) is 54.5. The third kappa shape index (κ3) is 63.3. The van der Waals surface area contributed by atoms with Gasteiger partial charge in [0.2, 0.25) is 5.91 Å². The van der Waals surface area contributed by atoms with Crippen molar-refractivity contribution in [2.75, 3.05) is 19.8 Å². The largest absolute Gasteiger partial charge is 0.466 e. The molecular weight excluding hydrogens is 1210 g/mol. The molecule has 1 aliphatic heterocycles. The first-order valence-corrected chi connectivity index (χ1v) is 42.8. The summed E-state index contributed by atoms with van der Waals surface area (Å²) >= 11 is 0. The average Bonchev–Trinajstić information content (AvgIpc) is 0.924. The fourth-order valence-electron chi connectivity index (χ4n) is 13.8. The van der Waals surface area contributed by atoms with E-state index in [9.17, 15) is 35.1 Å². The maximum atomic E-state index is 13.1. The van der Waals surface area contributed by atoms with Crippen LogP contribution in [0, 0.1) is 0 Å². The fraction of sp³-hybridized carbons (Fsp3) is 0.907. The van der Waals surface area contributed by atoms with E-state index in [1.165, 1.54) is 347 Å². The topological polar surface area (TPSA) is 175 Å². The summed E-state index contributed by atoms with van der Waals surface area (Å²) < 4.78 is 16.8. The second-order valence-electron chi connectivity index (χ2n) is 29.9. The Labute approximate surface area is 600 Å². The minimum atomic E-state index is -1.57. The molecule has 1 fully saturated rings. The van der Waals surface area contributed by atoms with Crippen molar-refractivity contribution in [2.45, 2.75) is 480 Å². The monoisotopic (exact) mass is 1370 g/mol. The van der Waals surface area contributed by atoms with E-state index in [0.717, 1.165) is 64.2 Å². The molecule has 7 atom stereocenters. The summed E-state index contributed by atoms with van der Waals surface area (Å²) in [6, 6.07) is -0.804. The summed E-state index contributed by atoms with van der Waals surface area (Å²) in [7, 11) is 0. The van der Waals surface area contributed by atoms with E-state index < -0.39 is 49.5 Å². The van der Waals surface area contributed by atoms with Crippen LogP contribution in [0.4, 0.5) is 0 Å². The van der Waals surface area contributed by atoms with Crippen LogP contribution in [0.1, 0.15) is 438 Å². The lowest BCUT2D eigenvalue weighted by Gasteiger charge is -2.40. The lowest BCUT2D eigenvalue weighted by molar-refractivity contribution is -0.302. The van der Waals surface area contributed by atoms with Crippen LogP contribution in [-0.4, -0.2) is 100 Å². The zero-order chi connectivity index (χ0) is 70.1. The van der Waals surface area contributed by atoms with E-state index in [1.54, 1.807) is 6.08 Å². The van der Waals surface area contributed by atoms with Gasteiger partial charge in [-0.2, -0.15) is 0 Å². The molecule has 6 N–H and O–H groups in total. The van der Waals surface area contributed by atoms with E-state index >= 15 is 0 Å². The van der Waals surface area contributed by atoms with Crippen molar-refractivity contribution >= 4 is 11.9 Å². The normalized spacial score (nSPS) is 17.4. The molecule has 0 aromatic heterocycles. The molecule has 1 aliphatic rings. The second kappa shape index (κ2) is 75.1. The molecule has 0 aromatic rings. The molecule has 1 amide bonds. The van der Waals surface area contributed by atoms with Crippen LogP contribution in [0.3, 0.4) is 0 Å². The van der Waals surface area contributed by atoms with Gasteiger partial charge >= 0.3 is 5.97 Å². The van der Waals surface area contributed by atoms with E-state index in [0.29, 0.717) is 19.4 Å². The van der Waals surface area contributed by atoms with Crippen LogP contribution < -0.4 is 5.32 Å². The number of hydrogen-bond donors (Lipinski definition) is 6. The molecule has 7 unspecified atom stereocenters. The van der Waals surface area contributed by atoms with Crippen molar-refractivity contribution in [1.29, 1.82) is 0 Å². The third-order valence-corrected chi connectivity index (χ3v) is 20.5. The number of nitrogens with one attached hydrogen (secondary N) is 1. The van der Waals surface area contributed by atoms with Gasteiger partial charge in [0, 0.05) is 12.8 Å². The first-order chi connectivity index (χ1) is 47.7. The molecule has 0 spiro atoms. The van der Waals surface area contributed by atoms with Crippen molar-refractivity contribution in [3.8, 4) is 0 Å². The third-order valence-electron chi connectivity index (χ3n) is 20.5. The number of ether oxygens (including phenoxy) is 3. The van der Waals surface area contributed by atoms with Gasteiger partial charge < -0.3 is 45.1 Å². The number of unbranched alkanes of at least 4 members (excludes halogenated alkanes) is 59. The Morgan fingerprint density at radius 1 is 0.381 bits per heavy atom. The van der Waals surface area contributed by atoms with E-state index in [-0.39, 0.29) is 18.5 Å². The number of carbonyl (C=O) groups is 2. The molecular formula is C86H163NO10. The number of rotatable bonds is 77. The van der Waals surface area contributed by atoms with Crippen LogP contribution in [0.25, 0.3) is 0 Å². The van der Waals surface area contributed by atoms with Crippen molar-refractivity contribution in [3.05, 3.63) is 36.5 Å². The van der Waals surface area contributed by atoms with Crippen LogP contribution >= 0.6 is 0 Å². The number of allylic oxidation sites excluding steroid dienone is 5. The highest BCUT2D eigenvalue weighted by Crippen LogP contribution is 2.24. The van der Waals surface area contributed by atoms with Crippen LogP contribution in [0.2, 0.25) is 0 Å². The van der Waals surface area contributed by atoms with Crippen molar-refractivity contribution in [2.24, 2.45) is 0 Å². The molecule has 1 rings (SSSR count). The van der Waals surface area contributed by atoms with Crippen LogP contribution in [0.5, 0.6) is 0 Å². The van der Waals surface area contributed by atoms with Gasteiger partial charge in [0.25, 0.3) is 0 Å².